The summed E-state index contributed by atoms with van der Waals surface area (Å²) in [6.07, 6.45) is 5.57. The summed E-state index contributed by atoms with van der Waals surface area (Å²) in [6.45, 7) is -2.39. The van der Waals surface area contributed by atoms with Crippen LogP contribution in [0.1, 0.15) is 31.2 Å². The topological polar surface area (TPSA) is 47.6 Å². The number of nitrogens with one attached hydrogen (secondary N) is 1. The van der Waals surface area contributed by atoms with E-state index in [-0.39, 0.29) is 17.4 Å². The molecule has 0 saturated heterocycles. The zero-order chi connectivity index (χ0) is 17.4. The molecule has 7 heteroatoms. The maximum absolute atomic E-state index is 12.3. The maximum Gasteiger partial charge on any atom is 0.387 e. The molecule has 1 aromatic rings. The van der Waals surface area contributed by atoms with Crippen molar-refractivity contribution >= 4 is 17.7 Å². The number of alkyl halides is 2. The zero-order valence-corrected chi connectivity index (χ0v) is 14.5. The Kier molecular flexibility index (Phi) is 7.62. The Morgan fingerprint density at radius 2 is 2.08 bits per heavy atom. The van der Waals surface area contributed by atoms with Crippen LogP contribution in [-0.4, -0.2) is 37.2 Å². The second-order valence-electron chi connectivity index (χ2n) is 5.68. The third-order valence-corrected chi connectivity index (χ3v) is 5.30. The Bertz CT molecular complexity index is 537. The monoisotopic (exact) mass is 359 g/mol. The second-order valence-corrected chi connectivity index (χ2v) is 6.97. The summed E-state index contributed by atoms with van der Waals surface area (Å²) in [7, 11) is 1.40. The van der Waals surface area contributed by atoms with Gasteiger partial charge in [0.1, 0.15) is 0 Å². The molecule has 0 radical (unpaired) electrons. The molecule has 2 rings (SSSR count). The lowest BCUT2D eigenvalue weighted by molar-refractivity contribution is -0.118. The predicted octanol–water partition coefficient (Wildman–Crippen LogP) is 3.63. The first-order valence-corrected chi connectivity index (χ1v) is 9.13. The van der Waals surface area contributed by atoms with Gasteiger partial charge in [-0.05, 0) is 37.0 Å². The van der Waals surface area contributed by atoms with Crippen LogP contribution in [0.2, 0.25) is 0 Å². The fraction of sp³-hybridized carbons (Fsp3) is 0.588. The molecule has 0 atom stereocenters. The molecule has 134 valence electrons. The van der Waals surface area contributed by atoms with Gasteiger partial charge in [0, 0.05) is 11.8 Å². The van der Waals surface area contributed by atoms with Gasteiger partial charge < -0.3 is 14.8 Å². The molecular weight excluding hydrogens is 336 g/mol. The Labute approximate surface area is 145 Å². The van der Waals surface area contributed by atoms with Gasteiger partial charge in [0.2, 0.25) is 5.91 Å². The lowest BCUT2D eigenvalue weighted by Gasteiger charge is -2.12. The first-order valence-electron chi connectivity index (χ1n) is 8.08. The van der Waals surface area contributed by atoms with Crippen molar-refractivity contribution in [2.45, 2.75) is 44.0 Å². The minimum absolute atomic E-state index is 0.00764. The number of carbonyl (C=O) groups excluding carboxylic acids is 1. The number of hydrogen-bond donors (Lipinski definition) is 1. The van der Waals surface area contributed by atoms with E-state index in [0.717, 1.165) is 5.56 Å². The highest BCUT2D eigenvalue weighted by molar-refractivity contribution is 8.00. The molecule has 1 aromatic carbocycles. The fourth-order valence-electron chi connectivity index (χ4n) is 2.71. The molecule has 1 N–H and O–H groups in total. The van der Waals surface area contributed by atoms with Gasteiger partial charge in [0.25, 0.3) is 0 Å². The molecule has 0 bridgehead atoms. The summed E-state index contributed by atoms with van der Waals surface area (Å²) in [5.41, 5.74) is 0.886. The van der Waals surface area contributed by atoms with Crippen molar-refractivity contribution < 1.29 is 23.0 Å². The van der Waals surface area contributed by atoms with E-state index in [1.807, 2.05) is 0 Å². The van der Waals surface area contributed by atoms with Crippen molar-refractivity contribution in [3.8, 4) is 11.5 Å². The van der Waals surface area contributed by atoms with E-state index in [9.17, 15) is 13.6 Å². The second kappa shape index (κ2) is 9.71. The molecule has 0 spiro atoms. The molecule has 4 nitrogen and oxygen atoms in total. The van der Waals surface area contributed by atoms with Gasteiger partial charge in [-0.3, -0.25) is 4.79 Å². The molecule has 1 fully saturated rings. The molecule has 0 heterocycles. The van der Waals surface area contributed by atoms with Crippen LogP contribution in [0.4, 0.5) is 8.78 Å². The summed E-state index contributed by atoms with van der Waals surface area (Å²) in [5, 5.41) is 3.51. The van der Waals surface area contributed by atoms with Crippen LogP contribution < -0.4 is 14.8 Å². The van der Waals surface area contributed by atoms with Crippen molar-refractivity contribution in [2.75, 3.05) is 19.4 Å². The largest absolute Gasteiger partial charge is 0.493 e. The minimum Gasteiger partial charge on any atom is -0.493 e. The highest BCUT2D eigenvalue weighted by atomic mass is 32.2. The smallest absolute Gasteiger partial charge is 0.387 e. The highest BCUT2D eigenvalue weighted by Gasteiger charge is 2.16. The molecule has 0 unspecified atom stereocenters. The summed E-state index contributed by atoms with van der Waals surface area (Å²) in [5.74, 6) is 0.801. The SMILES string of the molecule is COc1cc(CCNC(=O)CSC2CCCC2)ccc1OC(F)F. The van der Waals surface area contributed by atoms with Crippen LogP contribution in [0.15, 0.2) is 18.2 Å². The fourth-order valence-corrected chi connectivity index (χ4v) is 3.86. The highest BCUT2D eigenvalue weighted by Crippen LogP contribution is 2.30. The quantitative estimate of drug-likeness (QED) is 0.731. The number of methoxy groups -OCH3 is 1. The Morgan fingerprint density at radius 1 is 1.33 bits per heavy atom. The van der Waals surface area contributed by atoms with Crippen LogP contribution in [0.5, 0.6) is 11.5 Å². The van der Waals surface area contributed by atoms with E-state index in [1.165, 1.54) is 38.9 Å². The van der Waals surface area contributed by atoms with E-state index >= 15 is 0 Å². The summed E-state index contributed by atoms with van der Waals surface area (Å²) >= 11 is 1.73. The average Bonchev–Trinajstić information content (AvgIpc) is 3.07. The van der Waals surface area contributed by atoms with Gasteiger partial charge >= 0.3 is 6.61 Å². The first-order chi connectivity index (χ1) is 11.6. The lowest BCUT2D eigenvalue weighted by Crippen LogP contribution is -2.27. The van der Waals surface area contributed by atoms with Gasteiger partial charge in [0.05, 0.1) is 12.9 Å². The third-order valence-electron chi connectivity index (χ3n) is 3.93. The molecule has 1 saturated carbocycles. The number of ether oxygens (including phenoxy) is 2. The number of halogens is 2. The average molecular weight is 359 g/mol. The molecule has 24 heavy (non-hydrogen) atoms. The number of rotatable bonds is 9. The van der Waals surface area contributed by atoms with E-state index in [1.54, 1.807) is 23.9 Å². The Balaban J connectivity index is 1.73. The van der Waals surface area contributed by atoms with Crippen molar-refractivity contribution in [3.63, 3.8) is 0 Å². The molecule has 1 aliphatic carbocycles. The molecular formula is C17H23F2NO3S. The van der Waals surface area contributed by atoms with E-state index < -0.39 is 6.61 Å². The third kappa shape index (κ3) is 6.19. The molecule has 0 aliphatic heterocycles. The van der Waals surface area contributed by atoms with Crippen LogP contribution in [0.25, 0.3) is 0 Å². The Morgan fingerprint density at radius 3 is 2.75 bits per heavy atom. The summed E-state index contributed by atoms with van der Waals surface area (Å²) < 4.78 is 34.0. The van der Waals surface area contributed by atoms with Gasteiger partial charge in [-0.2, -0.15) is 8.78 Å². The zero-order valence-electron chi connectivity index (χ0n) is 13.7. The van der Waals surface area contributed by atoms with Crippen molar-refractivity contribution in [2.24, 2.45) is 0 Å². The molecule has 0 aromatic heterocycles. The predicted molar refractivity (Wildman–Crippen MR) is 91.1 cm³/mol. The van der Waals surface area contributed by atoms with Gasteiger partial charge in [-0.25, -0.2) is 0 Å². The lowest BCUT2D eigenvalue weighted by atomic mass is 10.1. The van der Waals surface area contributed by atoms with Gasteiger partial charge in [-0.1, -0.05) is 18.9 Å². The number of amides is 1. The van der Waals surface area contributed by atoms with Crippen LogP contribution in [0.3, 0.4) is 0 Å². The Hall–Kier alpha value is -1.50. The van der Waals surface area contributed by atoms with E-state index in [0.29, 0.717) is 24.0 Å². The molecule has 1 amide bonds. The normalized spacial score (nSPS) is 14.8. The van der Waals surface area contributed by atoms with Crippen molar-refractivity contribution in [1.82, 2.24) is 5.32 Å². The van der Waals surface area contributed by atoms with Crippen LogP contribution in [-0.2, 0) is 11.2 Å². The van der Waals surface area contributed by atoms with Crippen molar-refractivity contribution in [3.05, 3.63) is 23.8 Å². The van der Waals surface area contributed by atoms with Gasteiger partial charge in [-0.15, -0.1) is 11.8 Å². The summed E-state index contributed by atoms with van der Waals surface area (Å²) in [4.78, 5) is 11.8. The first kappa shape index (κ1) is 18.8. The summed E-state index contributed by atoms with van der Waals surface area (Å²) in [6, 6.07) is 4.80. The standard InChI is InChI=1S/C17H23F2NO3S/c1-22-15-10-12(6-7-14(15)23-17(18)19)8-9-20-16(21)11-24-13-4-2-3-5-13/h6-7,10,13,17H,2-5,8-9,11H2,1H3,(H,20,21). The number of carbonyl (C=O) groups is 1. The van der Waals surface area contributed by atoms with Crippen LogP contribution in [0, 0.1) is 0 Å². The van der Waals surface area contributed by atoms with Gasteiger partial charge in [0.15, 0.2) is 11.5 Å². The van der Waals surface area contributed by atoms with E-state index in [4.69, 9.17) is 4.74 Å². The minimum atomic E-state index is -2.89. The number of hydrogen-bond acceptors (Lipinski definition) is 4. The number of benzene rings is 1. The molecule has 1 aliphatic rings. The van der Waals surface area contributed by atoms with Crippen LogP contribution >= 0.6 is 11.8 Å². The maximum atomic E-state index is 12.3. The van der Waals surface area contributed by atoms with E-state index in [2.05, 4.69) is 10.1 Å². The van der Waals surface area contributed by atoms with Crippen molar-refractivity contribution in [1.29, 1.82) is 0 Å². The number of thioether (sulfide) groups is 1.